The SMILES string of the molecule is CC(c1ccccc1Cl)N1CCN(c2ccc3nncn3n2)CC1. The molecular weight excluding hydrogens is 324 g/mol. The average Bonchev–Trinajstić information content (AvgIpc) is 3.09. The molecule has 24 heavy (non-hydrogen) atoms. The average molecular weight is 343 g/mol. The van der Waals surface area contributed by atoms with Gasteiger partial charge in [0.1, 0.15) is 12.1 Å². The van der Waals surface area contributed by atoms with E-state index in [2.05, 4.69) is 38.1 Å². The molecule has 1 aliphatic rings. The summed E-state index contributed by atoms with van der Waals surface area (Å²) >= 11 is 6.35. The van der Waals surface area contributed by atoms with Crippen LogP contribution in [-0.2, 0) is 0 Å². The Morgan fingerprint density at radius 1 is 1.04 bits per heavy atom. The van der Waals surface area contributed by atoms with E-state index in [0.717, 1.165) is 42.7 Å². The van der Waals surface area contributed by atoms with Crippen molar-refractivity contribution in [2.75, 3.05) is 31.1 Å². The van der Waals surface area contributed by atoms with Gasteiger partial charge in [0.25, 0.3) is 0 Å². The van der Waals surface area contributed by atoms with E-state index in [1.807, 2.05) is 30.3 Å². The Kier molecular flexibility index (Phi) is 4.08. The van der Waals surface area contributed by atoms with E-state index in [-0.39, 0.29) is 0 Å². The van der Waals surface area contributed by atoms with Gasteiger partial charge in [0, 0.05) is 37.2 Å². The quantitative estimate of drug-likeness (QED) is 0.732. The molecular formula is C17H19ClN6. The number of halogens is 1. The largest absolute Gasteiger partial charge is 0.353 e. The van der Waals surface area contributed by atoms with Gasteiger partial charge in [-0.1, -0.05) is 29.8 Å². The molecule has 2 aromatic heterocycles. The molecule has 4 rings (SSSR count). The molecule has 0 aliphatic carbocycles. The number of fused-ring (bicyclic) bond motifs is 1. The second kappa shape index (κ2) is 6.37. The predicted octanol–water partition coefficient (Wildman–Crippen LogP) is 2.66. The molecule has 1 aliphatic heterocycles. The molecule has 0 bridgehead atoms. The summed E-state index contributed by atoms with van der Waals surface area (Å²) in [4.78, 5) is 4.77. The maximum atomic E-state index is 6.35. The maximum absolute atomic E-state index is 6.35. The smallest absolute Gasteiger partial charge is 0.177 e. The third-order valence-electron chi connectivity index (χ3n) is 4.69. The van der Waals surface area contributed by atoms with Gasteiger partial charge in [-0.15, -0.1) is 15.3 Å². The van der Waals surface area contributed by atoms with Gasteiger partial charge in [-0.2, -0.15) is 4.52 Å². The van der Waals surface area contributed by atoms with Crippen LogP contribution in [0, 0.1) is 0 Å². The van der Waals surface area contributed by atoms with Crippen LogP contribution in [0.5, 0.6) is 0 Å². The van der Waals surface area contributed by atoms with Crippen LogP contribution in [0.3, 0.4) is 0 Å². The summed E-state index contributed by atoms with van der Waals surface area (Å²) in [5, 5.41) is 13.3. The summed E-state index contributed by atoms with van der Waals surface area (Å²) in [5.74, 6) is 0.965. The van der Waals surface area contributed by atoms with Crippen LogP contribution in [0.4, 0.5) is 5.82 Å². The van der Waals surface area contributed by atoms with Gasteiger partial charge in [-0.25, -0.2) is 0 Å². The van der Waals surface area contributed by atoms with E-state index < -0.39 is 0 Å². The number of aromatic nitrogens is 4. The Bertz CT molecular complexity index is 840. The second-order valence-corrected chi connectivity index (χ2v) is 6.45. The summed E-state index contributed by atoms with van der Waals surface area (Å²) in [6.45, 7) is 6.06. The Morgan fingerprint density at radius 3 is 2.62 bits per heavy atom. The van der Waals surface area contributed by atoms with Crippen LogP contribution in [-0.4, -0.2) is 50.9 Å². The lowest BCUT2D eigenvalue weighted by Crippen LogP contribution is -2.47. The lowest BCUT2D eigenvalue weighted by atomic mass is 10.1. The van der Waals surface area contributed by atoms with Gasteiger partial charge in [-0.3, -0.25) is 4.90 Å². The van der Waals surface area contributed by atoms with Crippen molar-refractivity contribution in [1.29, 1.82) is 0 Å². The van der Waals surface area contributed by atoms with Crippen LogP contribution in [0.25, 0.3) is 5.65 Å². The van der Waals surface area contributed by atoms with Crippen molar-refractivity contribution in [2.45, 2.75) is 13.0 Å². The van der Waals surface area contributed by atoms with Crippen molar-refractivity contribution in [3.8, 4) is 0 Å². The Hall–Kier alpha value is -2.18. The van der Waals surface area contributed by atoms with Gasteiger partial charge < -0.3 is 4.90 Å². The van der Waals surface area contributed by atoms with E-state index in [1.54, 1.807) is 10.8 Å². The van der Waals surface area contributed by atoms with Gasteiger partial charge in [0.15, 0.2) is 5.65 Å². The Labute approximate surface area is 145 Å². The first-order valence-electron chi connectivity index (χ1n) is 8.13. The van der Waals surface area contributed by atoms with Gasteiger partial charge >= 0.3 is 0 Å². The van der Waals surface area contributed by atoms with E-state index in [0.29, 0.717) is 6.04 Å². The molecule has 1 aromatic carbocycles. The molecule has 3 aromatic rings. The van der Waals surface area contributed by atoms with E-state index in [4.69, 9.17) is 11.6 Å². The fourth-order valence-electron chi connectivity index (χ4n) is 3.24. The zero-order chi connectivity index (χ0) is 16.5. The van der Waals surface area contributed by atoms with Gasteiger partial charge in [0.05, 0.1) is 0 Å². The molecule has 1 atom stereocenters. The maximum Gasteiger partial charge on any atom is 0.177 e. The van der Waals surface area contributed by atoms with Crippen molar-refractivity contribution in [1.82, 2.24) is 24.7 Å². The summed E-state index contributed by atoms with van der Waals surface area (Å²) < 4.78 is 1.72. The number of anilines is 1. The molecule has 124 valence electrons. The highest BCUT2D eigenvalue weighted by Gasteiger charge is 2.24. The first-order valence-corrected chi connectivity index (χ1v) is 8.50. The predicted molar refractivity (Wildman–Crippen MR) is 94.4 cm³/mol. The molecule has 0 radical (unpaired) electrons. The van der Waals surface area contributed by atoms with Crippen LogP contribution >= 0.6 is 11.6 Å². The molecule has 0 saturated carbocycles. The number of hydrogen-bond acceptors (Lipinski definition) is 5. The number of rotatable bonds is 3. The van der Waals surface area contributed by atoms with Crippen LogP contribution in [0.15, 0.2) is 42.7 Å². The zero-order valence-corrected chi connectivity index (χ0v) is 14.3. The van der Waals surface area contributed by atoms with E-state index in [1.165, 1.54) is 5.56 Å². The van der Waals surface area contributed by atoms with Gasteiger partial charge in [0.2, 0.25) is 0 Å². The standard InChI is InChI=1S/C17H19ClN6/c1-13(14-4-2-3-5-15(14)18)22-8-10-23(11-9-22)17-7-6-16-20-19-12-24(16)21-17/h2-7,12-13H,8-11H2,1H3. The third-order valence-corrected chi connectivity index (χ3v) is 5.03. The normalized spacial score (nSPS) is 17.3. The first-order chi connectivity index (χ1) is 11.7. The number of benzene rings is 1. The lowest BCUT2D eigenvalue weighted by Gasteiger charge is -2.38. The van der Waals surface area contributed by atoms with Crippen molar-refractivity contribution in [3.05, 3.63) is 53.3 Å². The van der Waals surface area contributed by atoms with E-state index in [9.17, 15) is 0 Å². The molecule has 0 N–H and O–H groups in total. The first kappa shape index (κ1) is 15.4. The van der Waals surface area contributed by atoms with Crippen LogP contribution < -0.4 is 4.90 Å². The minimum absolute atomic E-state index is 0.314. The molecule has 6 nitrogen and oxygen atoms in total. The zero-order valence-electron chi connectivity index (χ0n) is 13.5. The topological polar surface area (TPSA) is 49.6 Å². The fourth-order valence-corrected chi connectivity index (χ4v) is 3.53. The molecule has 1 unspecified atom stereocenters. The fraction of sp³-hybridized carbons (Fsp3) is 0.353. The Morgan fingerprint density at radius 2 is 1.83 bits per heavy atom. The number of hydrogen-bond donors (Lipinski definition) is 0. The summed E-state index contributed by atoms with van der Waals surface area (Å²) in [5.41, 5.74) is 1.96. The third kappa shape index (κ3) is 2.83. The second-order valence-electron chi connectivity index (χ2n) is 6.05. The molecule has 7 heteroatoms. The molecule has 0 spiro atoms. The molecule has 1 fully saturated rings. The van der Waals surface area contributed by atoms with Crippen LogP contribution in [0.1, 0.15) is 18.5 Å². The Balaban J connectivity index is 1.45. The minimum atomic E-state index is 0.314. The van der Waals surface area contributed by atoms with Crippen molar-refractivity contribution < 1.29 is 0 Å². The van der Waals surface area contributed by atoms with Crippen LogP contribution in [0.2, 0.25) is 5.02 Å². The molecule has 3 heterocycles. The minimum Gasteiger partial charge on any atom is -0.353 e. The van der Waals surface area contributed by atoms with Crippen molar-refractivity contribution >= 4 is 23.1 Å². The molecule has 1 saturated heterocycles. The van der Waals surface area contributed by atoms with Gasteiger partial charge in [-0.05, 0) is 30.7 Å². The monoisotopic (exact) mass is 342 g/mol. The van der Waals surface area contributed by atoms with Crippen molar-refractivity contribution in [3.63, 3.8) is 0 Å². The highest BCUT2D eigenvalue weighted by atomic mass is 35.5. The highest BCUT2D eigenvalue weighted by molar-refractivity contribution is 6.31. The number of piperazine rings is 1. The summed E-state index contributed by atoms with van der Waals surface area (Å²) in [6, 6.07) is 12.4. The van der Waals surface area contributed by atoms with Crippen molar-refractivity contribution in [2.24, 2.45) is 0 Å². The summed E-state index contributed by atoms with van der Waals surface area (Å²) in [7, 11) is 0. The summed E-state index contributed by atoms with van der Waals surface area (Å²) in [6.07, 6.45) is 1.63. The highest BCUT2D eigenvalue weighted by Crippen LogP contribution is 2.28. The van der Waals surface area contributed by atoms with E-state index >= 15 is 0 Å². The molecule has 0 amide bonds. The number of nitrogens with zero attached hydrogens (tertiary/aromatic N) is 6. The lowest BCUT2D eigenvalue weighted by molar-refractivity contribution is 0.198.